The molecule has 0 bridgehead atoms. The summed E-state index contributed by atoms with van der Waals surface area (Å²) in [5.74, 6) is 0.462. The van der Waals surface area contributed by atoms with E-state index in [1.54, 1.807) is 18.5 Å². The zero-order valence-electron chi connectivity index (χ0n) is 26.0. The molecule has 10 heteroatoms. The first-order valence-electron chi connectivity index (χ1n) is 15.0. The van der Waals surface area contributed by atoms with E-state index in [2.05, 4.69) is 45.9 Å². The fraction of sp³-hybridized carbons (Fsp3) is 0.485. The van der Waals surface area contributed by atoms with E-state index < -0.39 is 17.6 Å². The number of nitrogens with two attached hydrogens (primary N) is 1. The lowest BCUT2D eigenvalue weighted by Crippen LogP contribution is -2.43. The SMILES string of the molecule is CCC(C)CCc1ccc(NC(=O)c2cc(CN3CCN(C)CC3)cc(C(F)(F)F)c2)cc1C.CCc1cnc(N)nc1. The largest absolute Gasteiger partial charge is 0.416 e. The van der Waals surface area contributed by atoms with Gasteiger partial charge in [-0.1, -0.05) is 33.3 Å². The minimum atomic E-state index is -4.51. The van der Waals surface area contributed by atoms with Crippen molar-refractivity contribution in [2.75, 3.05) is 44.3 Å². The topological polar surface area (TPSA) is 87.4 Å². The molecule has 0 spiro atoms. The molecule has 43 heavy (non-hydrogen) atoms. The Morgan fingerprint density at radius 3 is 2.28 bits per heavy atom. The van der Waals surface area contributed by atoms with Crippen LogP contribution in [0.15, 0.2) is 48.8 Å². The summed E-state index contributed by atoms with van der Waals surface area (Å²) in [6.45, 7) is 12.2. The standard InChI is InChI=1S/C27H36F3N3O.C6H9N3/c1-5-19(2)6-7-22-8-9-25(14-20(22)3)31-26(34)23-15-21(16-24(17-23)27(28,29)30)18-33-12-10-32(4)11-13-33;1-2-5-3-8-6(7)9-4-5/h8-9,14-17,19H,5-7,10-13,18H2,1-4H3,(H,31,34);3-4H,2H2,1H3,(H2,7,8,9). The first-order chi connectivity index (χ1) is 20.4. The first-order valence-corrected chi connectivity index (χ1v) is 15.0. The maximum absolute atomic E-state index is 13.6. The predicted molar refractivity (Wildman–Crippen MR) is 167 cm³/mol. The maximum Gasteiger partial charge on any atom is 0.416 e. The Morgan fingerprint density at radius 2 is 1.70 bits per heavy atom. The zero-order chi connectivity index (χ0) is 31.6. The lowest BCUT2D eigenvalue weighted by atomic mass is 9.96. The Balaban J connectivity index is 0.000000480. The average Bonchev–Trinajstić information content (AvgIpc) is 2.98. The molecule has 1 atom stereocenters. The number of halogens is 3. The highest BCUT2D eigenvalue weighted by molar-refractivity contribution is 6.04. The van der Waals surface area contributed by atoms with E-state index in [0.29, 0.717) is 29.7 Å². The summed E-state index contributed by atoms with van der Waals surface area (Å²) in [6.07, 6.45) is 3.13. The molecular weight excluding hydrogens is 553 g/mol. The summed E-state index contributed by atoms with van der Waals surface area (Å²) in [5.41, 5.74) is 9.00. The number of nitrogens with zero attached hydrogens (tertiary/aromatic N) is 4. The normalized spacial score (nSPS) is 15.0. The Bertz CT molecular complexity index is 1320. The van der Waals surface area contributed by atoms with Crippen molar-refractivity contribution < 1.29 is 18.0 Å². The highest BCUT2D eigenvalue weighted by Gasteiger charge is 2.32. The van der Waals surface area contributed by atoms with Gasteiger partial charge in [0.05, 0.1) is 5.56 Å². The molecule has 4 rings (SSSR count). The average molecular weight is 599 g/mol. The highest BCUT2D eigenvalue weighted by Crippen LogP contribution is 2.31. The summed E-state index contributed by atoms with van der Waals surface area (Å²) in [7, 11) is 2.03. The second kappa shape index (κ2) is 15.8. The number of anilines is 2. The smallest absolute Gasteiger partial charge is 0.368 e. The van der Waals surface area contributed by atoms with Crippen molar-refractivity contribution in [2.45, 2.75) is 66.1 Å². The van der Waals surface area contributed by atoms with E-state index in [-0.39, 0.29) is 5.56 Å². The molecule has 0 saturated carbocycles. The number of aryl methyl sites for hydroxylation is 3. The molecule has 1 saturated heterocycles. The minimum absolute atomic E-state index is 0.0254. The van der Waals surface area contributed by atoms with E-state index in [0.717, 1.165) is 75.1 Å². The molecule has 2 aromatic carbocycles. The van der Waals surface area contributed by atoms with Crippen LogP contribution in [0.2, 0.25) is 0 Å². The number of carbonyl (C=O) groups is 1. The van der Waals surface area contributed by atoms with Crippen molar-refractivity contribution in [3.05, 3.63) is 82.2 Å². The van der Waals surface area contributed by atoms with Gasteiger partial charge in [0.25, 0.3) is 5.91 Å². The lowest BCUT2D eigenvalue weighted by molar-refractivity contribution is -0.137. The molecule has 1 aromatic heterocycles. The molecule has 3 N–H and O–H groups in total. The molecule has 1 aliphatic rings. The van der Waals surface area contributed by atoms with Gasteiger partial charge in [-0.3, -0.25) is 9.69 Å². The molecule has 1 amide bonds. The number of hydrogen-bond donors (Lipinski definition) is 2. The molecule has 7 nitrogen and oxygen atoms in total. The van der Waals surface area contributed by atoms with Crippen molar-refractivity contribution in [3.63, 3.8) is 0 Å². The maximum atomic E-state index is 13.6. The first kappa shape index (κ1) is 34.0. The molecule has 234 valence electrons. The van der Waals surface area contributed by atoms with E-state index in [1.807, 2.05) is 32.2 Å². The zero-order valence-corrected chi connectivity index (χ0v) is 26.0. The van der Waals surface area contributed by atoms with Crippen LogP contribution in [-0.2, 0) is 25.6 Å². The van der Waals surface area contributed by atoms with Crippen LogP contribution in [0.1, 0.15) is 71.8 Å². The summed E-state index contributed by atoms with van der Waals surface area (Å²) < 4.78 is 40.7. The van der Waals surface area contributed by atoms with Crippen LogP contribution in [-0.4, -0.2) is 58.9 Å². The van der Waals surface area contributed by atoms with E-state index in [4.69, 9.17) is 5.73 Å². The summed E-state index contributed by atoms with van der Waals surface area (Å²) >= 11 is 0. The number of piperazine rings is 1. The molecule has 0 radical (unpaired) electrons. The van der Waals surface area contributed by atoms with Gasteiger partial charge in [0.2, 0.25) is 5.95 Å². The third-order valence-electron chi connectivity index (χ3n) is 7.92. The van der Waals surface area contributed by atoms with Gasteiger partial charge >= 0.3 is 6.18 Å². The van der Waals surface area contributed by atoms with Crippen molar-refractivity contribution in [2.24, 2.45) is 5.92 Å². The Morgan fingerprint density at radius 1 is 1.02 bits per heavy atom. The van der Waals surface area contributed by atoms with Gasteiger partial charge in [0, 0.05) is 56.4 Å². The number of alkyl halides is 3. The number of rotatable bonds is 9. The fourth-order valence-electron chi connectivity index (χ4n) is 4.75. The number of hydrogen-bond acceptors (Lipinski definition) is 6. The van der Waals surface area contributed by atoms with E-state index in [9.17, 15) is 18.0 Å². The van der Waals surface area contributed by atoms with E-state index in [1.165, 1.54) is 5.56 Å². The van der Waals surface area contributed by atoms with Crippen LogP contribution in [0.25, 0.3) is 0 Å². The number of carbonyl (C=O) groups excluding carboxylic acids is 1. The number of likely N-dealkylation sites (N-methyl/N-ethyl adjacent to an activating group) is 1. The Kier molecular flexibility index (Phi) is 12.5. The van der Waals surface area contributed by atoms with Crippen molar-refractivity contribution in [1.29, 1.82) is 0 Å². The summed E-state index contributed by atoms with van der Waals surface area (Å²) in [6, 6.07) is 9.40. The van der Waals surface area contributed by atoms with E-state index >= 15 is 0 Å². The third-order valence-corrected chi connectivity index (χ3v) is 7.92. The molecule has 1 aliphatic heterocycles. The second-order valence-corrected chi connectivity index (χ2v) is 11.4. The number of nitrogens with one attached hydrogen (secondary N) is 1. The Hall–Kier alpha value is -3.50. The molecule has 1 fully saturated rings. The van der Waals surface area contributed by atoms with Gasteiger partial charge in [-0.15, -0.1) is 0 Å². The predicted octanol–water partition coefficient (Wildman–Crippen LogP) is 6.61. The monoisotopic (exact) mass is 598 g/mol. The van der Waals surface area contributed by atoms with Crippen molar-refractivity contribution >= 4 is 17.5 Å². The second-order valence-electron chi connectivity index (χ2n) is 11.4. The summed E-state index contributed by atoms with van der Waals surface area (Å²) in [4.78, 5) is 24.9. The number of benzene rings is 2. The number of nitrogen functional groups attached to an aromatic ring is 1. The number of aromatic nitrogens is 2. The minimum Gasteiger partial charge on any atom is -0.368 e. The quantitative estimate of drug-likeness (QED) is 0.288. The van der Waals surface area contributed by atoms with Crippen LogP contribution >= 0.6 is 0 Å². The molecule has 2 heterocycles. The molecule has 3 aromatic rings. The lowest BCUT2D eigenvalue weighted by Gasteiger charge is -2.32. The van der Waals surface area contributed by atoms with Gasteiger partial charge < -0.3 is 16.0 Å². The molecule has 1 unspecified atom stereocenters. The van der Waals surface area contributed by atoms with Crippen LogP contribution in [0.5, 0.6) is 0 Å². The van der Waals surface area contributed by atoms with Gasteiger partial charge in [0.1, 0.15) is 0 Å². The van der Waals surface area contributed by atoms with Gasteiger partial charge in [-0.05, 0) is 91.7 Å². The van der Waals surface area contributed by atoms with Crippen LogP contribution < -0.4 is 11.1 Å². The molecule has 0 aliphatic carbocycles. The Labute approximate surface area is 253 Å². The van der Waals surface area contributed by atoms with Crippen LogP contribution in [0, 0.1) is 12.8 Å². The fourth-order valence-corrected chi connectivity index (χ4v) is 4.75. The molecular formula is C33H45F3N6O. The van der Waals surface area contributed by atoms with Gasteiger partial charge in [0.15, 0.2) is 0 Å². The van der Waals surface area contributed by atoms with Gasteiger partial charge in [-0.2, -0.15) is 13.2 Å². The third kappa shape index (κ3) is 10.9. The van der Waals surface area contributed by atoms with Gasteiger partial charge in [-0.25, -0.2) is 9.97 Å². The van der Waals surface area contributed by atoms with Crippen molar-refractivity contribution in [3.8, 4) is 0 Å². The summed E-state index contributed by atoms with van der Waals surface area (Å²) in [5, 5.41) is 2.79. The van der Waals surface area contributed by atoms with Crippen molar-refractivity contribution in [1.82, 2.24) is 19.8 Å². The highest BCUT2D eigenvalue weighted by atomic mass is 19.4. The van der Waals surface area contributed by atoms with Crippen LogP contribution in [0.4, 0.5) is 24.8 Å². The number of amides is 1. The van der Waals surface area contributed by atoms with Crippen LogP contribution in [0.3, 0.4) is 0 Å².